The summed E-state index contributed by atoms with van der Waals surface area (Å²) in [6.45, 7) is 1.91. The van der Waals surface area contributed by atoms with Gasteiger partial charge in [-0.1, -0.05) is 36.4 Å². The number of benzene rings is 3. The number of nitrogens with one attached hydrogen (secondary N) is 1. The molecule has 0 aliphatic carbocycles. The second kappa shape index (κ2) is 6.32. The highest BCUT2D eigenvalue weighted by molar-refractivity contribution is 6.06. The van der Waals surface area contributed by atoms with Crippen LogP contribution in [0.25, 0.3) is 21.9 Å². The molecule has 0 bridgehead atoms. The topological polar surface area (TPSA) is 51.5 Å². The zero-order chi connectivity index (χ0) is 17.2. The number of amides is 1. The number of furan rings is 1. The van der Waals surface area contributed by atoms with E-state index < -0.39 is 0 Å². The Hall–Kier alpha value is -3.27. The maximum absolute atomic E-state index is 12.1. The number of fused-ring (bicyclic) bond motifs is 3. The number of para-hydroxylation sites is 2. The molecule has 0 radical (unpaired) electrons. The van der Waals surface area contributed by atoms with E-state index in [9.17, 15) is 4.79 Å². The SMILES string of the molecule is Cc1ccccc1OCC(=O)Nc1ccc2c(c1)oc1ccccc12. The van der Waals surface area contributed by atoms with Crippen LogP contribution in [-0.2, 0) is 4.79 Å². The van der Waals surface area contributed by atoms with E-state index in [-0.39, 0.29) is 12.5 Å². The van der Waals surface area contributed by atoms with E-state index in [0.717, 1.165) is 27.5 Å². The Kier molecular flexibility index (Phi) is 3.86. The summed E-state index contributed by atoms with van der Waals surface area (Å²) in [5.41, 5.74) is 3.27. The van der Waals surface area contributed by atoms with Gasteiger partial charge in [0, 0.05) is 22.5 Å². The number of carbonyl (C=O) groups excluding carboxylic acids is 1. The zero-order valence-corrected chi connectivity index (χ0v) is 13.8. The maximum atomic E-state index is 12.1. The molecule has 25 heavy (non-hydrogen) atoms. The molecule has 1 amide bonds. The molecule has 1 N–H and O–H groups in total. The van der Waals surface area contributed by atoms with Crippen molar-refractivity contribution < 1.29 is 13.9 Å². The van der Waals surface area contributed by atoms with Crippen LogP contribution in [0.1, 0.15) is 5.56 Å². The van der Waals surface area contributed by atoms with Crippen molar-refractivity contribution in [2.24, 2.45) is 0 Å². The van der Waals surface area contributed by atoms with E-state index in [1.807, 2.05) is 73.7 Å². The summed E-state index contributed by atoms with van der Waals surface area (Å²) < 4.78 is 11.4. The molecule has 0 aliphatic heterocycles. The summed E-state index contributed by atoms with van der Waals surface area (Å²) in [5, 5.41) is 4.94. The van der Waals surface area contributed by atoms with Crippen LogP contribution in [0.5, 0.6) is 5.75 Å². The quantitative estimate of drug-likeness (QED) is 0.578. The Bertz CT molecular complexity index is 1070. The lowest BCUT2D eigenvalue weighted by atomic mass is 10.1. The van der Waals surface area contributed by atoms with Crippen LogP contribution in [0.4, 0.5) is 5.69 Å². The Morgan fingerprint density at radius 3 is 2.60 bits per heavy atom. The first-order valence-electron chi connectivity index (χ1n) is 8.10. The first-order chi connectivity index (χ1) is 12.2. The van der Waals surface area contributed by atoms with Crippen LogP contribution in [0.3, 0.4) is 0 Å². The van der Waals surface area contributed by atoms with E-state index in [1.165, 1.54) is 0 Å². The van der Waals surface area contributed by atoms with E-state index in [0.29, 0.717) is 11.4 Å². The molecular weight excluding hydrogens is 314 g/mol. The highest BCUT2D eigenvalue weighted by Gasteiger charge is 2.09. The molecule has 0 atom stereocenters. The lowest BCUT2D eigenvalue weighted by molar-refractivity contribution is -0.118. The van der Waals surface area contributed by atoms with Crippen molar-refractivity contribution in [3.63, 3.8) is 0 Å². The predicted octanol–water partition coefficient (Wildman–Crippen LogP) is 4.91. The molecule has 0 aliphatic rings. The minimum Gasteiger partial charge on any atom is -0.483 e. The van der Waals surface area contributed by atoms with Crippen LogP contribution in [0.15, 0.2) is 71.1 Å². The molecule has 4 rings (SSSR count). The van der Waals surface area contributed by atoms with Gasteiger partial charge < -0.3 is 14.5 Å². The van der Waals surface area contributed by atoms with E-state index in [2.05, 4.69) is 5.32 Å². The van der Waals surface area contributed by atoms with Gasteiger partial charge in [-0.3, -0.25) is 4.79 Å². The van der Waals surface area contributed by atoms with Gasteiger partial charge in [-0.05, 0) is 36.8 Å². The average Bonchev–Trinajstić information content (AvgIpc) is 2.99. The third-order valence-electron chi connectivity index (χ3n) is 4.11. The van der Waals surface area contributed by atoms with Gasteiger partial charge in [0.05, 0.1) is 0 Å². The Balaban J connectivity index is 1.49. The standard InChI is InChI=1S/C21H17NO3/c1-14-6-2-4-8-18(14)24-13-21(23)22-15-10-11-17-16-7-3-5-9-19(16)25-20(17)12-15/h2-12H,13H2,1H3,(H,22,23). The number of hydrogen-bond acceptors (Lipinski definition) is 3. The van der Waals surface area contributed by atoms with Gasteiger partial charge in [-0.25, -0.2) is 0 Å². The van der Waals surface area contributed by atoms with Gasteiger partial charge in [0.25, 0.3) is 5.91 Å². The third-order valence-corrected chi connectivity index (χ3v) is 4.11. The second-order valence-corrected chi connectivity index (χ2v) is 5.91. The molecule has 4 aromatic rings. The van der Waals surface area contributed by atoms with E-state index >= 15 is 0 Å². The van der Waals surface area contributed by atoms with Gasteiger partial charge >= 0.3 is 0 Å². The summed E-state index contributed by atoms with van der Waals surface area (Å²) in [4.78, 5) is 12.1. The fourth-order valence-corrected chi connectivity index (χ4v) is 2.86. The largest absolute Gasteiger partial charge is 0.483 e. The highest BCUT2D eigenvalue weighted by atomic mass is 16.5. The monoisotopic (exact) mass is 331 g/mol. The van der Waals surface area contributed by atoms with Crippen molar-refractivity contribution in [1.29, 1.82) is 0 Å². The highest BCUT2D eigenvalue weighted by Crippen LogP contribution is 2.30. The summed E-state index contributed by atoms with van der Waals surface area (Å²) in [6.07, 6.45) is 0. The van der Waals surface area contributed by atoms with Crippen molar-refractivity contribution in [2.45, 2.75) is 6.92 Å². The predicted molar refractivity (Wildman–Crippen MR) is 99.0 cm³/mol. The number of hydrogen-bond donors (Lipinski definition) is 1. The molecule has 0 fully saturated rings. The minimum atomic E-state index is -0.210. The van der Waals surface area contributed by atoms with Crippen molar-refractivity contribution in [3.8, 4) is 5.75 Å². The second-order valence-electron chi connectivity index (χ2n) is 5.91. The van der Waals surface area contributed by atoms with Crippen LogP contribution in [0, 0.1) is 6.92 Å². The van der Waals surface area contributed by atoms with Crippen molar-refractivity contribution in [3.05, 3.63) is 72.3 Å². The number of anilines is 1. The molecule has 0 spiro atoms. The molecule has 0 saturated carbocycles. The first kappa shape index (κ1) is 15.3. The number of carbonyl (C=O) groups is 1. The normalized spacial score (nSPS) is 10.9. The molecule has 4 heteroatoms. The maximum Gasteiger partial charge on any atom is 0.262 e. The number of aryl methyl sites for hydroxylation is 1. The summed E-state index contributed by atoms with van der Waals surface area (Å²) in [6, 6.07) is 21.2. The molecule has 4 nitrogen and oxygen atoms in total. The molecule has 0 saturated heterocycles. The van der Waals surface area contributed by atoms with Crippen LogP contribution in [0.2, 0.25) is 0 Å². The first-order valence-corrected chi connectivity index (χ1v) is 8.10. The zero-order valence-electron chi connectivity index (χ0n) is 13.8. The summed E-state index contributed by atoms with van der Waals surface area (Å²) in [5.74, 6) is 0.504. The fraction of sp³-hybridized carbons (Fsp3) is 0.0952. The van der Waals surface area contributed by atoms with Gasteiger partial charge in [0.1, 0.15) is 16.9 Å². The van der Waals surface area contributed by atoms with E-state index in [1.54, 1.807) is 0 Å². The van der Waals surface area contributed by atoms with Gasteiger partial charge in [0.2, 0.25) is 0 Å². The van der Waals surface area contributed by atoms with Crippen LogP contribution in [-0.4, -0.2) is 12.5 Å². The smallest absolute Gasteiger partial charge is 0.262 e. The van der Waals surface area contributed by atoms with Gasteiger partial charge in [-0.15, -0.1) is 0 Å². The lowest BCUT2D eigenvalue weighted by Crippen LogP contribution is -2.20. The average molecular weight is 331 g/mol. The Morgan fingerprint density at radius 2 is 1.72 bits per heavy atom. The summed E-state index contributed by atoms with van der Waals surface area (Å²) in [7, 11) is 0. The van der Waals surface area contributed by atoms with Crippen molar-refractivity contribution in [2.75, 3.05) is 11.9 Å². The molecule has 1 aromatic heterocycles. The molecular formula is C21H17NO3. The molecule has 0 unspecified atom stereocenters. The summed E-state index contributed by atoms with van der Waals surface area (Å²) >= 11 is 0. The van der Waals surface area contributed by atoms with E-state index in [4.69, 9.17) is 9.15 Å². The Morgan fingerprint density at radius 1 is 0.960 bits per heavy atom. The number of rotatable bonds is 4. The minimum absolute atomic E-state index is 0.0387. The molecule has 1 heterocycles. The van der Waals surface area contributed by atoms with Crippen LogP contribution >= 0.6 is 0 Å². The molecule has 3 aromatic carbocycles. The third kappa shape index (κ3) is 3.06. The number of ether oxygens (including phenoxy) is 1. The lowest BCUT2D eigenvalue weighted by Gasteiger charge is -2.09. The Labute approximate surface area is 145 Å². The fourth-order valence-electron chi connectivity index (χ4n) is 2.86. The van der Waals surface area contributed by atoms with Crippen molar-refractivity contribution >= 4 is 33.5 Å². The molecule has 124 valence electrons. The van der Waals surface area contributed by atoms with Crippen molar-refractivity contribution in [1.82, 2.24) is 0 Å². The van der Waals surface area contributed by atoms with Gasteiger partial charge in [-0.2, -0.15) is 0 Å². The van der Waals surface area contributed by atoms with Gasteiger partial charge in [0.15, 0.2) is 6.61 Å². The van der Waals surface area contributed by atoms with Crippen LogP contribution < -0.4 is 10.1 Å².